The van der Waals surface area contributed by atoms with Crippen LogP contribution in [0.1, 0.15) is 19.3 Å². The Morgan fingerprint density at radius 1 is 1.14 bits per heavy atom. The number of rotatable bonds is 1. The maximum absolute atomic E-state index is 11.1. The summed E-state index contributed by atoms with van der Waals surface area (Å²) in [6.45, 7) is 0. The topological polar surface area (TPSA) is 80.7 Å². The fraction of sp³-hybridized carbons (Fsp3) is 0.667. The molecule has 14 heavy (non-hydrogen) atoms. The van der Waals surface area contributed by atoms with Crippen LogP contribution >= 0.6 is 0 Å². The number of carbonyl (C=O) groups is 3. The summed E-state index contributed by atoms with van der Waals surface area (Å²) < 4.78 is 4.51. The molecule has 0 amide bonds. The first-order valence-electron chi connectivity index (χ1n) is 4.56. The fourth-order valence-corrected chi connectivity index (χ4v) is 2.17. The van der Waals surface area contributed by atoms with E-state index in [-0.39, 0.29) is 0 Å². The second-order valence-corrected chi connectivity index (χ2v) is 3.88. The van der Waals surface area contributed by atoms with Gasteiger partial charge in [-0.3, -0.25) is 14.4 Å². The van der Waals surface area contributed by atoms with Gasteiger partial charge in [0.1, 0.15) is 0 Å². The van der Waals surface area contributed by atoms with Gasteiger partial charge in [0.05, 0.1) is 17.8 Å². The molecular weight excluding hydrogens is 188 g/mol. The lowest BCUT2D eigenvalue weighted by molar-refractivity contribution is -0.176. The van der Waals surface area contributed by atoms with Crippen molar-refractivity contribution in [2.45, 2.75) is 19.3 Å². The summed E-state index contributed by atoms with van der Waals surface area (Å²) in [5, 5.41) is 8.80. The van der Waals surface area contributed by atoms with Gasteiger partial charge in [-0.05, 0) is 19.3 Å². The van der Waals surface area contributed by atoms with Gasteiger partial charge in [-0.15, -0.1) is 0 Å². The number of fused-ring (bicyclic) bond motifs is 2. The Kier molecular flexibility index (Phi) is 2.02. The molecule has 0 aromatic heterocycles. The molecule has 1 aliphatic heterocycles. The van der Waals surface area contributed by atoms with E-state index in [1.165, 1.54) is 0 Å². The van der Waals surface area contributed by atoms with E-state index in [9.17, 15) is 14.4 Å². The zero-order valence-electron chi connectivity index (χ0n) is 7.43. The molecule has 1 saturated carbocycles. The van der Waals surface area contributed by atoms with E-state index in [0.29, 0.717) is 19.3 Å². The number of carboxylic acid groups (broad SMARTS) is 1. The van der Waals surface area contributed by atoms with Crippen LogP contribution in [-0.4, -0.2) is 23.0 Å². The summed E-state index contributed by atoms with van der Waals surface area (Å²) in [6, 6.07) is 0. The number of cyclic esters (lactones) is 2. The molecule has 1 N–H and O–H groups in total. The van der Waals surface area contributed by atoms with Gasteiger partial charge in [-0.2, -0.15) is 0 Å². The van der Waals surface area contributed by atoms with Crippen molar-refractivity contribution in [3.8, 4) is 0 Å². The Balaban J connectivity index is 2.17. The first-order valence-corrected chi connectivity index (χ1v) is 4.56. The van der Waals surface area contributed by atoms with Gasteiger partial charge in [0.25, 0.3) is 0 Å². The molecule has 1 aliphatic carbocycles. The van der Waals surface area contributed by atoms with Crippen LogP contribution in [0.3, 0.4) is 0 Å². The Labute approximate surface area is 80.0 Å². The van der Waals surface area contributed by atoms with Crippen molar-refractivity contribution in [1.82, 2.24) is 0 Å². The molecular formula is C9H10O5. The highest BCUT2D eigenvalue weighted by Gasteiger charge is 2.45. The predicted octanol–water partition coefficient (Wildman–Crippen LogP) is 0.187. The molecule has 5 heteroatoms. The molecule has 76 valence electrons. The van der Waals surface area contributed by atoms with Gasteiger partial charge in [0, 0.05) is 0 Å². The molecule has 2 unspecified atom stereocenters. The average molecular weight is 198 g/mol. The molecule has 5 nitrogen and oxygen atoms in total. The van der Waals surface area contributed by atoms with Crippen LogP contribution in [0.2, 0.25) is 0 Å². The van der Waals surface area contributed by atoms with Crippen LogP contribution in [0.15, 0.2) is 0 Å². The molecule has 0 aromatic rings. The second-order valence-electron chi connectivity index (χ2n) is 3.88. The number of aliphatic carboxylic acids is 1. The van der Waals surface area contributed by atoms with Gasteiger partial charge < -0.3 is 9.84 Å². The van der Waals surface area contributed by atoms with Gasteiger partial charge in [-0.25, -0.2) is 0 Å². The number of ether oxygens (including phenoxy) is 1. The van der Waals surface area contributed by atoms with Crippen LogP contribution in [0.5, 0.6) is 0 Å². The van der Waals surface area contributed by atoms with Crippen molar-refractivity contribution < 1.29 is 24.2 Å². The Morgan fingerprint density at radius 2 is 1.64 bits per heavy atom. The lowest BCUT2D eigenvalue weighted by Crippen LogP contribution is -2.42. The number of carboxylic acids is 1. The van der Waals surface area contributed by atoms with Crippen LogP contribution in [0.4, 0.5) is 0 Å². The third-order valence-electron chi connectivity index (χ3n) is 2.92. The van der Waals surface area contributed by atoms with Crippen LogP contribution in [0, 0.1) is 17.8 Å². The average Bonchev–Trinajstić information content (AvgIpc) is 2.15. The van der Waals surface area contributed by atoms with Crippen molar-refractivity contribution in [2.24, 2.45) is 17.8 Å². The van der Waals surface area contributed by atoms with Gasteiger partial charge in [-0.1, -0.05) is 0 Å². The summed E-state index contributed by atoms with van der Waals surface area (Å²) in [7, 11) is 0. The molecule has 2 bridgehead atoms. The van der Waals surface area contributed by atoms with Crippen molar-refractivity contribution in [1.29, 1.82) is 0 Å². The minimum absolute atomic E-state index is 0.304. The first-order chi connectivity index (χ1) is 6.58. The van der Waals surface area contributed by atoms with E-state index in [4.69, 9.17) is 5.11 Å². The number of hydrogen-bond acceptors (Lipinski definition) is 4. The molecule has 1 heterocycles. The molecule has 0 spiro atoms. The second kappa shape index (κ2) is 3.08. The van der Waals surface area contributed by atoms with Crippen LogP contribution in [0.25, 0.3) is 0 Å². The number of hydrogen-bond donors (Lipinski definition) is 1. The quantitative estimate of drug-likeness (QED) is 0.480. The highest BCUT2D eigenvalue weighted by Crippen LogP contribution is 2.38. The molecule has 2 rings (SSSR count). The van der Waals surface area contributed by atoms with Crippen molar-refractivity contribution >= 4 is 17.9 Å². The fourth-order valence-electron chi connectivity index (χ4n) is 2.17. The Hall–Kier alpha value is -1.39. The largest absolute Gasteiger partial charge is 0.481 e. The zero-order valence-corrected chi connectivity index (χ0v) is 7.43. The van der Waals surface area contributed by atoms with E-state index < -0.39 is 35.7 Å². The Bertz CT molecular complexity index is 286. The molecule has 2 aliphatic rings. The lowest BCUT2D eigenvalue weighted by atomic mass is 9.74. The van der Waals surface area contributed by atoms with Crippen LogP contribution in [-0.2, 0) is 19.1 Å². The normalized spacial score (nSPS) is 36.4. The highest BCUT2D eigenvalue weighted by molar-refractivity contribution is 5.92. The zero-order chi connectivity index (χ0) is 10.3. The number of carbonyl (C=O) groups excluding carboxylic acids is 2. The third kappa shape index (κ3) is 1.38. The molecule has 2 atom stereocenters. The van der Waals surface area contributed by atoms with E-state index in [1.54, 1.807) is 0 Å². The number of esters is 2. The van der Waals surface area contributed by atoms with Crippen molar-refractivity contribution in [2.75, 3.05) is 0 Å². The third-order valence-corrected chi connectivity index (χ3v) is 2.92. The molecule has 0 radical (unpaired) electrons. The van der Waals surface area contributed by atoms with Gasteiger partial charge in [0.15, 0.2) is 0 Å². The van der Waals surface area contributed by atoms with Gasteiger partial charge in [0.2, 0.25) is 0 Å². The SMILES string of the molecule is O=C(O)C1CC2CC(C1)C(=O)OC2=O. The van der Waals surface area contributed by atoms with E-state index in [1.807, 2.05) is 0 Å². The molecule has 1 saturated heterocycles. The summed E-state index contributed by atoms with van der Waals surface area (Å²) in [5.74, 6) is -3.41. The minimum atomic E-state index is -0.929. The summed E-state index contributed by atoms with van der Waals surface area (Å²) in [4.78, 5) is 33.0. The summed E-state index contributed by atoms with van der Waals surface area (Å²) in [6.07, 6.45) is 1.07. The van der Waals surface area contributed by atoms with E-state index in [2.05, 4.69) is 4.74 Å². The molecule has 2 fully saturated rings. The van der Waals surface area contributed by atoms with E-state index in [0.717, 1.165) is 0 Å². The van der Waals surface area contributed by atoms with Crippen LogP contribution < -0.4 is 0 Å². The maximum atomic E-state index is 11.1. The predicted molar refractivity (Wildman–Crippen MR) is 43.1 cm³/mol. The highest BCUT2D eigenvalue weighted by atomic mass is 16.6. The first kappa shape index (κ1) is 9.18. The van der Waals surface area contributed by atoms with E-state index >= 15 is 0 Å². The smallest absolute Gasteiger partial charge is 0.316 e. The summed E-state index contributed by atoms with van der Waals surface area (Å²) >= 11 is 0. The molecule has 0 aromatic carbocycles. The van der Waals surface area contributed by atoms with Gasteiger partial charge >= 0.3 is 17.9 Å². The summed E-state index contributed by atoms with van der Waals surface area (Å²) in [5.41, 5.74) is 0. The standard InChI is InChI=1S/C9H10O5/c10-7(11)4-1-5-3-6(2-4)9(13)14-8(5)12/h4-6H,1-3H2,(H,10,11). The van der Waals surface area contributed by atoms with Crippen molar-refractivity contribution in [3.05, 3.63) is 0 Å². The van der Waals surface area contributed by atoms with Crippen molar-refractivity contribution in [3.63, 3.8) is 0 Å². The monoisotopic (exact) mass is 198 g/mol. The lowest BCUT2D eigenvalue weighted by Gasteiger charge is -2.34. The Morgan fingerprint density at radius 3 is 2.07 bits per heavy atom. The minimum Gasteiger partial charge on any atom is -0.481 e. The maximum Gasteiger partial charge on any atom is 0.316 e.